The zero-order chi connectivity index (χ0) is 13.8. The van der Waals surface area contributed by atoms with Gasteiger partial charge in [-0.1, -0.05) is 0 Å². The summed E-state index contributed by atoms with van der Waals surface area (Å²) >= 11 is 0. The van der Waals surface area contributed by atoms with Crippen LogP contribution in [0.2, 0.25) is 0 Å². The Hall–Kier alpha value is -1.51. The number of hydroxylamine groups is 1. The highest BCUT2D eigenvalue weighted by atomic mass is 19.4. The molecule has 2 N–H and O–H groups in total. The standard InChI is InChI=1S/C9H13F3N2O4/c10-9(11,12)6-2-1-3-14(4-6)8(17)13-18-5-7(15)16/h6H,1-5H2,(H,13,17)(H,15,16). The van der Waals surface area contributed by atoms with Gasteiger partial charge in [0.25, 0.3) is 0 Å². The minimum atomic E-state index is -4.33. The first-order valence-electron chi connectivity index (χ1n) is 5.26. The van der Waals surface area contributed by atoms with Crippen molar-refractivity contribution in [2.24, 2.45) is 5.92 Å². The summed E-state index contributed by atoms with van der Waals surface area (Å²) < 4.78 is 37.4. The molecule has 0 aromatic heterocycles. The summed E-state index contributed by atoms with van der Waals surface area (Å²) in [7, 11) is 0. The lowest BCUT2D eigenvalue weighted by Gasteiger charge is -2.33. The van der Waals surface area contributed by atoms with Gasteiger partial charge in [0.1, 0.15) is 0 Å². The molecule has 1 unspecified atom stereocenters. The number of piperidine rings is 1. The molecule has 0 bridgehead atoms. The van der Waals surface area contributed by atoms with Crippen molar-refractivity contribution >= 4 is 12.0 Å². The fourth-order valence-electron chi connectivity index (χ4n) is 1.65. The largest absolute Gasteiger partial charge is 0.479 e. The van der Waals surface area contributed by atoms with E-state index in [0.29, 0.717) is 0 Å². The van der Waals surface area contributed by atoms with Crippen LogP contribution in [0.3, 0.4) is 0 Å². The van der Waals surface area contributed by atoms with Crippen LogP contribution in [-0.2, 0) is 9.63 Å². The van der Waals surface area contributed by atoms with Crippen molar-refractivity contribution in [3.8, 4) is 0 Å². The molecule has 1 aliphatic heterocycles. The molecule has 1 aliphatic rings. The van der Waals surface area contributed by atoms with Gasteiger partial charge in [-0.25, -0.2) is 15.1 Å². The van der Waals surface area contributed by atoms with E-state index in [-0.39, 0.29) is 19.4 Å². The molecule has 9 heteroatoms. The summed E-state index contributed by atoms with van der Waals surface area (Å²) in [4.78, 5) is 26.8. The molecule has 1 saturated heterocycles. The summed E-state index contributed by atoms with van der Waals surface area (Å²) in [5.41, 5.74) is 1.79. The fourth-order valence-corrected chi connectivity index (χ4v) is 1.65. The van der Waals surface area contributed by atoms with Gasteiger partial charge >= 0.3 is 18.2 Å². The number of nitrogens with zero attached hydrogens (tertiary/aromatic N) is 1. The molecule has 0 aromatic carbocycles. The third-order valence-electron chi connectivity index (χ3n) is 2.53. The highest BCUT2D eigenvalue weighted by Gasteiger charge is 2.42. The van der Waals surface area contributed by atoms with Gasteiger partial charge in [-0.3, -0.25) is 4.84 Å². The first-order valence-corrected chi connectivity index (χ1v) is 5.26. The maximum atomic E-state index is 12.5. The lowest BCUT2D eigenvalue weighted by Crippen LogP contribution is -2.48. The molecule has 0 aromatic rings. The number of hydrogen-bond acceptors (Lipinski definition) is 3. The van der Waals surface area contributed by atoms with Crippen LogP contribution in [-0.4, -0.2) is 47.9 Å². The van der Waals surface area contributed by atoms with Crippen LogP contribution in [0.15, 0.2) is 0 Å². The maximum Gasteiger partial charge on any atom is 0.393 e. The van der Waals surface area contributed by atoms with Gasteiger partial charge < -0.3 is 10.0 Å². The van der Waals surface area contributed by atoms with Crippen molar-refractivity contribution in [2.45, 2.75) is 19.0 Å². The summed E-state index contributed by atoms with van der Waals surface area (Å²) in [6.45, 7) is -0.997. The number of carboxylic acid groups (broad SMARTS) is 1. The summed E-state index contributed by atoms with van der Waals surface area (Å²) in [6, 6.07) is -0.856. The second-order valence-corrected chi connectivity index (χ2v) is 3.92. The number of carboxylic acids is 1. The molecule has 1 fully saturated rings. The number of carbonyl (C=O) groups is 2. The summed E-state index contributed by atoms with van der Waals surface area (Å²) in [5, 5.41) is 8.25. The van der Waals surface area contributed by atoms with Gasteiger partial charge in [0.15, 0.2) is 6.61 Å². The first-order chi connectivity index (χ1) is 8.30. The molecule has 2 amide bonds. The van der Waals surface area contributed by atoms with E-state index in [1.807, 2.05) is 0 Å². The lowest BCUT2D eigenvalue weighted by molar-refractivity contribution is -0.184. The zero-order valence-electron chi connectivity index (χ0n) is 9.37. The smallest absolute Gasteiger partial charge is 0.393 e. The number of aliphatic carboxylic acids is 1. The highest BCUT2D eigenvalue weighted by Crippen LogP contribution is 2.32. The first kappa shape index (κ1) is 14.6. The Morgan fingerprint density at radius 2 is 2.11 bits per heavy atom. The fraction of sp³-hybridized carbons (Fsp3) is 0.778. The Bertz CT molecular complexity index is 321. The lowest BCUT2D eigenvalue weighted by atomic mass is 9.98. The van der Waals surface area contributed by atoms with Crippen LogP contribution >= 0.6 is 0 Å². The third-order valence-corrected chi connectivity index (χ3v) is 2.53. The third kappa shape index (κ3) is 4.40. The number of likely N-dealkylation sites (tertiary alicyclic amines) is 1. The molecule has 104 valence electrons. The van der Waals surface area contributed by atoms with Gasteiger partial charge in [-0.05, 0) is 12.8 Å². The number of carbonyl (C=O) groups excluding carboxylic acids is 1. The van der Waals surface area contributed by atoms with Gasteiger partial charge in [0, 0.05) is 13.1 Å². The van der Waals surface area contributed by atoms with Crippen molar-refractivity contribution in [2.75, 3.05) is 19.7 Å². The number of amides is 2. The average molecular weight is 270 g/mol. The Kier molecular flexibility index (Phi) is 4.76. The molecule has 1 rings (SSSR count). The second kappa shape index (κ2) is 5.89. The van der Waals surface area contributed by atoms with Gasteiger partial charge in [0.2, 0.25) is 0 Å². The number of nitrogens with one attached hydrogen (secondary N) is 1. The van der Waals surface area contributed by atoms with Crippen molar-refractivity contribution in [3.63, 3.8) is 0 Å². The monoisotopic (exact) mass is 270 g/mol. The van der Waals surface area contributed by atoms with E-state index in [2.05, 4.69) is 4.84 Å². The molecular formula is C9H13F3N2O4. The normalized spacial score (nSPS) is 20.6. The summed E-state index contributed by atoms with van der Waals surface area (Å²) in [5.74, 6) is -2.83. The highest BCUT2D eigenvalue weighted by molar-refractivity contribution is 5.73. The van der Waals surface area contributed by atoms with Crippen molar-refractivity contribution in [1.29, 1.82) is 0 Å². The number of halogens is 3. The van der Waals surface area contributed by atoms with Crippen molar-refractivity contribution in [3.05, 3.63) is 0 Å². The van der Waals surface area contributed by atoms with Crippen LogP contribution < -0.4 is 5.48 Å². The van der Waals surface area contributed by atoms with E-state index in [1.165, 1.54) is 0 Å². The van der Waals surface area contributed by atoms with E-state index in [9.17, 15) is 22.8 Å². The van der Waals surface area contributed by atoms with E-state index >= 15 is 0 Å². The molecule has 6 nitrogen and oxygen atoms in total. The maximum absolute atomic E-state index is 12.5. The number of hydrogen-bond donors (Lipinski definition) is 2. The van der Waals surface area contributed by atoms with Crippen LogP contribution in [0.25, 0.3) is 0 Å². The van der Waals surface area contributed by atoms with E-state index in [1.54, 1.807) is 5.48 Å². The van der Waals surface area contributed by atoms with E-state index in [0.717, 1.165) is 4.90 Å². The topological polar surface area (TPSA) is 78.9 Å². The molecule has 0 spiro atoms. The van der Waals surface area contributed by atoms with Crippen molar-refractivity contribution < 1.29 is 32.7 Å². The minimum Gasteiger partial charge on any atom is -0.479 e. The summed E-state index contributed by atoms with van der Waals surface area (Å²) in [6.07, 6.45) is -4.10. The van der Waals surface area contributed by atoms with Crippen LogP contribution in [0.5, 0.6) is 0 Å². The molecule has 0 saturated carbocycles. The predicted molar refractivity (Wildman–Crippen MR) is 52.5 cm³/mol. The predicted octanol–water partition coefficient (Wildman–Crippen LogP) is 0.986. The zero-order valence-corrected chi connectivity index (χ0v) is 9.37. The van der Waals surface area contributed by atoms with Gasteiger partial charge in [-0.15, -0.1) is 0 Å². The number of alkyl halides is 3. The molecule has 1 atom stereocenters. The minimum absolute atomic E-state index is 0.0107. The molecule has 0 aliphatic carbocycles. The number of urea groups is 1. The molecule has 1 heterocycles. The Morgan fingerprint density at radius 3 is 2.67 bits per heavy atom. The Balaban J connectivity index is 2.41. The Morgan fingerprint density at radius 1 is 1.44 bits per heavy atom. The van der Waals surface area contributed by atoms with Crippen molar-refractivity contribution in [1.82, 2.24) is 10.4 Å². The van der Waals surface area contributed by atoms with Gasteiger partial charge in [-0.2, -0.15) is 13.2 Å². The van der Waals surface area contributed by atoms with Crippen LogP contribution in [0.4, 0.5) is 18.0 Å². The quantitative estimate of drug-likeness (QED) is 0.749. The second-order valence-electron chi connectivity index (χ2n) is 3.92. The molecule has 0 radical (unpaired) electrons. The molecule has 18 heavy (non-hydrogen) atoms. The SMILES string of the molecule is O=C(O)CONC(=O)N1CCCC(C(F)(F)F)C1. The number of rotatable bonds is 3. The molecular weight excluding hydrogens is 257 g/mol. The van der Waals surface area contributed by atoms with Crippen LogP contribution in [0, 0.1) is 5.92 Å². The van der Waals surface area contributed by atoms with E-state index in [4.69, 9.17) is 5.11 Å². The van der Waals surface area contributed by atoms with Crippen LogP contribution in [0.1, 0.15) is 12.8 Å². The Labute approximate surface area is 101 Å². The van der Waals surface area contributed by atoms with E-state index < -0.39 is 37.2 Å². The van der Waals surface area contributed by atoms with Gasteiger partial charge in [0.05, 0.1) is 5.92 Å². The average Bonchev–Trinajstić information content (AvgIpc) is 2.27.